The van der Waals surface area contributed by atoms with Crippen LogP contribution >= 0.6 is 34.8 Å². The van der Waals surface area contributed by atoms with Crippen LogP contribution in [-0.2, 0) is 11.2 Å². The average molecular weight is 577 g/mol. The summed E-state index contributed by atoms with van der Waals surface area (Å²) < 4.78 is 17.7. The number of ether oxygens (including phenoxy) is 1. The molecule has 1 fully saturated rings. The summed E-state index contributed by atoms with van der Waals surface area (Å²) in [6.07, 6.45) is 8.17. The van der Waals surface area contributed by atoms with E-state index in [0.717, 1.165) is 42.9 Å². The fourth-order valence-corrected chi connectivity index (χ4v) is 4.93. The highest BCUT2D eigenvalue weighted by Crippen LogP contribution is 2.40. The van der Waals surface area contributed by atoms with Crippen LogP contribution in [0, 0.1) is 18.7 Å². The number of hydrogen-bond donors (Lipinski definition) is 0. The molecule has 0 amide bonds. The fourth-order valence-electron chi connectivity index (χ4n) is 4.51. The summed E-state index contributed by atoms with van der Waals surface area (Å²) in [6, 6.07) is 16.7. The molecule has 202 valence electrons. The summed E-state index contributed by atoms with van der Waals surface area (Å²) >= 11 is 16.6. The molecule has 0 spiro atoms. The second-order valence-corrected chi connectivity index (χ2v) is 10.1. The number of aromatic nitrogens is 1. The molecule has 7 heteroatoms. The van der Waals surface area contributed by atoms with Gasteiger partial charge in [0.15, 0.2) is 5.69 Å². The number of halogens is 4. The third-order valence-electron chi connectivity index (χ3n) is 6.53. The van der Waals surface area contributed by atoms with Crippen molar-refractivity contribution in [2.24, 2.45) is 5.92 Å². The first-order valence-electron chi connectivity index (χ1n) is 12.8. The minimum absolute atomic E-state index is 0.194. The second-order valence-electron chi connectivity index (χ2n) is 9.26. The van der Waals surface area contributed by atoms with Gasteiger partial charge in [0.25, 0.3) is 0 Å². The van der Waals surface area contributed by atoms with Gasteiger partial charge >= 0.3 is 5.97 Å². The fraction of sp³-hybridized carbons (Fsp3) is 0.355. The Bertz CT molecular complexity index is 1290. The Morgan fingerprint density at radius 1 is 1.00 bits per heavy atom. The molecular formula is C31H33Cl3FNO2. The highest BCUT2D eigenvalue weighted by Gasteiger charge is 2.23. The number of carbonyl (C=O) groups is 1. The molecule has 0 aliphatic heterocycles. The maximum Gasteiger partial charge on any atom is 0.358 e. The first-order chi connectivity index (χ1) is 18.4. The lowest BCUT2D eigenvalue weighted by atomic mass is 9.96. The predicted molar refractivity (Wildman–Crippen MR) is 157 cm³/mol. The number of alkyl halides is 1. The number of benzene rings is 2. The first-order valence-corrected chi connectivity index (χ1v) is 14.3. The van der Waals surface area contributed by atoms with E-state index in [9.17, 15) is 9.18 Å². The van der Waals surface area contributed by atoms with Crippen LogP contribution in [0.4, 0.5) is 4.39 Å². The van der Waals surface area contributed by atoms with Crippen molar-refractivity contribution in [1.82, 2.24) is 4.98 Å². The van der Waals surface area contributed by atoms with Crippen molar-refractivity contribution in [3.05, 3.63) is 98.5 Å². The van der Waals surface area contributed by atoms with Crippen molar-refractivity contribution in [1.29, 1.82) is 0 Å². The van der Waals surface area contributed by atoms with E-state index in [4.69, 9.17) is 27.9 Å². The van der Waals surface area contributed by atoms with Crippen LogP contribution in [-0.4, -0.2) is 23.9 Å². The van der Waals surface area contributed by atoms with E-state index in [1.54, 1.807) is 19.1 Å². The Balaban J connectivity index is 0.000000238. The lowest BCUT2D eigenvalue weighted by Crippen LogP contribution is -2.09. The Kier molecular flexibility index (Phi) is 11.6. The number of nitrogens with zero attached hydrogens (tertiary/aromatic N) is 1. The minimum Gasteiger partial charge on any atom is -0.461 e. The largest absolute Gasteiger partial charge is 0.461 e. The van der Waals surface area contributed by atoms with E-state index < -0.39 is 5.97 Å². The molecule has 0 radical (unpaired) electrons. The van der Waals surface area contributed by atoms with Crippen LogP contribution in [0.25, 0.3) is 11.1 Å². The third-order valence-corrected chi connectivity index (χ3v) is 7.19. The second kappa shape index (κ2) is 14.7. The molecule has 0 N–H and O–H groups in total. The predicted octanol–water partition coefficient (Wildman–Crippen LogP) is 9.60. The topological polar surface area (TPSA) is 39.2 Å². The van der Waals surface area contributed by atoms with Crippen molar-refractivity contribution in [2.75, 3.05) is 13.0 Å². The summed E-state index contributed by atoms with van der Waals surface area (Å²) in [4.78, 5) is 16.6. The molecule has 3 aromatic rings. The SMILES string of the molecule is CCOC(=O)c1nc(C2=C(c3ccccc3C)CCC2)ccc1Cl.CCl.Fc1ccc(CC2CC2)c(Cl)c1. The Morgan fingerprint density at radius 3 is 2.37 bits per heavy atom. The summed E-state index contributed by atoms with van der Waals surface area (Å²) in [5.74, 6) is 0.0768. The summed E-state index contributed by atoms with van der Waals surface area (Å²) in [5.41, 5.74) is 7.13. The monoisotopic (exact) mass is 575 g/mol. The van der Waals surface area contributed by atoms with Crippen molar-refractivity contribution in [3.8, 4) is 0 Å². The molecule has 2 aliphatic rings. The molecule has 0 saturated heterocycles. The van der Waals surface area contributed by atoms with Crippen molar-refractivity contribution in [3.63, 3.8) is 0 Å². The van der Waals surface area contributed by atoms with Gasteiger partial charge in [-0.25, -0.2) is 14.2 Å². The lowest BCUT2D eigenvalue weighted by Gasteiger charge is -2.12. The molecule has 1 saturated carbocycles. The van der Waals surface area contributed by atoms with Gasteiger partial charge in [0.05, 0.1) is 17.3 Å². The van der Waals surface area contributed by atoms with Crippen LogP contribution in [0.5, 0.6) is 0 Å². The molecular weight excluding hydrogens is 544 g/mol. The zero-order valence-electron chi connectivity index (χ0n) is 22.0. The van der Waals surface area contributed by atoms with E-state index in [-0.39, 0.29) is 11.5 Å². The maximum atomic E-state index is 12.6. The normalized spacial score (nSPS) is 14.3. The van der Waals surface area contributed by atoms with Gasteiger partial charge in [0.1, 0.15) is 5.82 Å². The number of aryl methyl sites for hydroxylation is 1. The molecule has 0 unspecified atom stereocenters. The van der Waals surface area contributed by atoms with E-state index >= 15 is 0 Å². The van der Waals surface area contributed by atoms with Crippen molar-refractivity contribution < 1.29 is 13.9 Å². The van der Waals surface area contributed by atoms with Gasteiger partial charge in [-0.1, -0.05) is 53.5 Å². The number of esters is 1. The van der Waals surface area contributed by atoms with Crippen LogP contribution in [0.1, 0.15) is 71.9 Å². The molecule has 2 aliphatic carbocycles. The molecule has 2 aromatic carbocycles. The van der Waals surface area contributed by atoms with E-state index in [1.807, 2.05) is 12.1 Å². The Morgan fingerprint density at radius 2 is 1.71 bits per heavy atom. The summed E-state index contributed by atoms with van der Waals surface area (Å²) in [7, 11) is 0. The molecule has 3 nitrogen and oxygen atoms in total. The minimum atomic E-state index is -0.472. The highest BCUT2D eigenvalue weighted by atomic mass is 35.5. The smallest absolute Gasteiger partial charge is 0.358 e. The third kappa shape index (κ3) is 8.05. The number of rotatable bonds is 6. The molecule has 5 rings (SSSR count). The summed E-state index contributed by atoms with van der Waals surface area (Å²) in [6.45, 7) is 4.20. The van der Waals surface area contributed by atoms with E-state index in [0.29, 0.717) is 16.7 Å². The number of allylic oxidation sites excluding steroid dienone is 2. The number of hydrogen-bond acceptors (Lipinski definition) is 3. The van der Waals surface area contributed by atoms with Crippen LogP contribution in [0.2, 0.25) is 10.0 Å². The van der Waals surface area contributed by atoms with Gasteiger partial charge < -0.3 is 4.74 Å². The van der Waals surface area contributed by atoms with Gasteiger partial charge in [0.2, 0.25) is 0 Å². The summed E-state index contributed by atoms with van der Waals surface area (Å²) in [5, 5.41) is 0.898. The van der Waals surface area contributed by atoms with Gasteiger partial charge in [-0.15, -0.1) is 11.6 Å². The standard InChI is InChI=1S/C20H20ClNO2.C10H10ClF.CH3Cl/c1-3-24-20(23)19-17(21)11-12-18(22-19)16-10-6-9-15(16)14-8-5-4-7-13(14)2;11-10-6-9(12)4-3-8(10)5-7-1-2-7;1-2/h4-5,7-8,11-12H,3,6,9-10H2,1-2H3;3-4,6-7H,1-2,5H2;1H3. The van der Waals surface area contributed by atoms with Crippen LogP contribution in [0.15, 0.2) is 54.6 Å². The van der Waals surface area contributed by atoms with Crippen molar-refractivity contribution >= 4 is 51.9 Å². The van der Waals surface area contributed by atoms with Crippen LogP contribution < -0.4 is 0 Å². The maximum absolute atomic E-state index is 12.6. The Labute approximate surface area is 240 Å². The zero-order chi connectivity index (χ0) is 27.7. The number of pyridine rings is 1. The Hall–Kier alpha value is -2.40. The van der Waals surface area contributed by atoms with Crippen LogP contribution in [0.3, 0.4) is 0 Å². The van der Waals surface area contributed by atoms with Gasteiger partial charge in [-0.3, -0.25) is 0 Å². The first kappa shape index (κ1) is 30.1. The van der Waals surface area contributed by atoms with Gasteiger partial charge in [0, 0.05) is 11.4 Å². The molecule has 1 aromatic heterocycles. The molecule has 1 heterocycles. The van der Waals surface area contributed by atoms with E-state index in [1.165, 1.54) is 53.6 Å². The molecule has 0 bridgehead atoms. The van der Waals surface area contributed by atoms with Gasteiger partial charge in [-0.2, -0.15) is 0 Å². The zero-order valence-corrected chi connectivity index (χ0v) is 24.3. The molecule has 38 heavy (non-hydrogen) atoms. The quantitative estimate of drug-likeness (QED) is 0.217. The highest BCUT2D eigenvalue weighted by molar-refractivity contribution is 6.33. The lowest BCUT2D eigenvalue weighted by molar-refractivity contribution is 0.0519. The average Bonchev–Trinajstić information content (AvgIpc) is 3.61. The molecule has 0 atom stereocenters. The van der Waals surface area contributed by atoms with E-state index in [2.05, 4.69) is 41.7 Å². The van der Waals surface area contributed by atoms with Crippen molar-refractivity contribution in [2.45, 2.75) is 52.4 Å². The van der Waals surface area contributed by atoms with Gasteiger partial charge in [-0.05, 0) is 110 Å². The number of carbonyl (C=O) groups excluding carboxylic acids is 1.